The summed E-state index contributed by atoms with van der Waals surface area (Å²) in [6.45, 7) is 2.02. The molecule has 1 aliphatic rings. The van der Waals surface area contributed by atoms with Crippen LogP contribution in [0, 0.1) is 0 Å². The summed E-state index contributed by atoms with van der Waals surface area (Å²) in [5.74, 6) is 1.43. The van der Waals surface area contributed by atoms with Crippen LogP contribution in [0.3, 0.4) is 0 Å². The highest BCUT2D eigenvalue weighted by Crippen LogP contribution is 2.38. The molecule has 76 valence electrons. The number of hydrogen-bond donors (Lipinski definition) is 1. The average Bonchev–Trinajstić information content (AvgIpc) is 2.18. The van der Waals surface area contributed by atoms with E-state index in [0.717, 1.165) is 24.3 Å². The number of quaternary nitrogens is 1. The molecule has 0 aromatic heterocycles. The summed E-state index contributed by atoms with van der Waals surface area (Å²) in [6, 6.07) is 3.89. The van der Waals surface area contributed by atoms with E-state index in [4.69, 9.17) is 21.1 Å². The van der Waals surface area contributed by atoms with Gasteiger partial charge in [-0.15, -0.1) is 0 Å². The van der Waals surface area contributed by atoms with Gasteiger partial charge in [0.2, 0.25) is 0 Å². The molecule has 1 aromatic carbocycles. The Hall–Kier alpha value is -0.930. The summed E-state index contributed by atoms with van der Waals surface area (Å²) in [5.41, 5.74) is 4.96. The maximum atomic E-state index is 6.06. The Morgan fingerprint density at radius 3 is 2.86 bits per heavy atom. The van der Waals surface area contributed by atoms with E-state index in [1.54, 1.807) is 0 Å². The maximum Gasteiger partial charge on any atom is 0.179 e. The molecule has 0 bridgehead atoms. The molecule has 0 spiro atoms. The highest BCUT2D eigenvalue weighted by molar-refractivity contribution is 6.32. The van der Waals surface area contributed by atoms with Gasteiger partial charge in [0.25, 0.3) is 0 Å². The Morgan fingerprint density at radius 1 is 1.29 bits per heavy atom. The first-order valence-electron chi connectivity index (χ1n) is 4.68. The summed E-state index contributed by atoms with van der Waals surface area (Å²) in [4.78, 5) is 0. The molecule has 0 amide bonds. The molecule has 2 rings (SSSR count). The Morgan fingerprint density at radius 2 is 2.07 bits per heavy atom. The zero-order valence-electron chi connectivity index (χ0n) is 7.88. The van der Waals surface area contributed by atoms with Crippen molar-refractivity contribution in [1.29, 1.82) is 0 Å². The van der Waals surface area contributed by atoms with Gasteiger partial charge in [0.1, 0.15) is 13.2 Å². The van der Waals surface area contributed by atoms with Gasteiger partial charge in [-0.3, -0.25) is 0 Å². The zero-order chi connectivity index (χ0) is 9.97. The second-order valence-electron chi connectivity index (χ2n) is 3.21. The van der Waals surface area contributed by atoms with Crippen LogP contribution in [0.25, 0.3) is 0 Å². The van der Waals surface area contributed by atoms with Gasteiger partial charge in [0.15, 0.2) is 11.5 Å². The van der Waals surface area contributed by atoms with Gasteiger partial charge in [-0.1, -0.05) is 11.6 Å². The third kappa shape index (κ3) is 1.79. The lowest BCUT2D eigenvalue weighted by molar-refractivity contribution is -0.366. The fourth-order valence-electron chi connectivity index (χ4n) is 1.51. The van der Waals surface area contributed by atoms with E-state index in [9.17, 15) is 0 Å². The van der Waals surface area contributed by atoms with Crippen molar-refractivity contribution in [3.8, 4) is 11.5 Å². The lowest BCUT2D eigenvalue weighted by Crippen LogP contribution is -2.51. The van der Waals surface area contributed by atoms with Crippen molar-refractivity contribution in [2.45, 2.75) is 6.42 Å². The number of ether oxygens (including phenoxy) is 2. The predicted molar refractivity (Wildman–Crippen MR) is 53.9 cm³/mol. The number of rotatable bonds is 2. The SMILES string of the molecule is [NH3+]CCc1cc(Cl)c2c(c1)OCCO2. The van der Waals surface area contributed by atoms with Gasteiger partial charge in [-0.05, 0) is 17.7 Å². The van der Waals surface area contributed by atoms with Crippen LogP contribution in [0.15, 0.2) is 12.1 Å². The largest absolute Gasteiger partial charge is 0.486 e. The average molecular weight is 215 g/mol. The molecule has 0 atom stereocenters. The molecule has 0 radical (unpaired) electrons. The van der Waals surface area contributed by atoms with Crippen molar-refractivity contribution in [3.05, 3.63) is 22.7 Å². The maximum absolute atomic E-state index is 6.06. The molecule has 4 heteroatoms. The third-order valence-electron chi connectivity index (χ3n) is 2.12. The molecule has 1 aromatic rings. The van der Waals surface area contributed by atoms with Gasteiger partial charge >= 0.3 is 0 Å². The lowest BCUT2D eigenvalue weighted by atomic mass is 10.1. The predicted octanol–water partition coefficient (Wildman–Crippen LogP) is 0.896. The van der Waals surface area contributed by atoms with Crippen molar-refractivity contribution in [1.82, 2.24) is 0 Å². The van der Waals surface area contributed by atoms with Crippen LogP contribution in [-0.4, -0.2) is 19.8 Å². The molecule has 1 heterocycles. The van der Waals surface area contributed by atoms with Gasteiger partial charge in [0, 0.05) is 6.42 Å². The molecule has 0 saturated heterocycles. The van der Waals surface area contributed by atoms with Gasteiger partial charge in [-0.25, -0.2) is 0 Å². The standard InChI is InChI=1S/C10H12ClNO2/c11-8-5-7(1-2-12)6-9-10(8)14-4-3-13-9/h5-6H,1-4,12H2/p+1. The van der Waals surface area contributed by atoms with Crippen molar-refractivity contribution in [2.24, 2.45) is 0 Å². The molecular weight excluding hydrogens is 202 g/mol. The molecule has 0 aliphatic carbocycles. The molecule has 3 nitrogen and oxygen atoms in total. The van der Waals surface area contributed by atoms with Crippen molar-refractivity contribution < 1.29 is 15.2 Å². The first-order valence-corrected chi connectivity index (χ1v) is 5.06. The van der Waals surface area contributed by atoms with Crippen LogP contribution >= 0.6 is 11.6 Å². The topological polar surface area (TPSA) is 46.1 Å². The zero-order valence-corrected chi connectivity index (χ0v) is 8.64. The van der Waals surface area contributed by atoms with E-state index in [1.807, 2.05) is 12.1 Å². The Bertz CT molecular complexity index is 341. The molecular formula is C10H13ClNO2+. The van der Waals surface area contributed by atoms with E-state index >= 15 is 0 Å². The van der Waals surface area contributed by atoms with Gasteiger partial charge in [-0.2, -0.15) is 0 Å². The summed E-state index contributed by atoms with van der Waals surface area (Å²) < 4.78 is 10.9. The Kier molecular flexibility index (Phi) is 2.79. The Balaban J connectivity index is 2.36. The summed E-state index contributed by atoms with van der Waals surface area (Å²) in [6.07, 6.45) is 0.913. The molecule has 0 saturated carbocycles. The first kappa shape index (κ1) is 9.62. The smallest absolute Gasteiger partial charge is 0.179 e. The fourth-order valence-corrected chi connectivity index (χ4v) is 1.80. The van der Waals surface area contributed by atoms with Crippen molar-refractivity contribution in [3.63, 3.8) is 0 Å². The second-order valence-corrected chi connectivity index (χ2v) is 3.61. The van der Waals surface area contributed by atoms with Gasteiger partial charge < -0.3 is 15.2 Å². The second kappa shape index (κ2) is 4.07. The summed E-state index contributed by atoms with van der Waals surface area (Å²) in [7, 11) is 0. The van der Waals surface area contributed by atoms with Crippen LogP contribution in [0.1, 0.15) is 5.56 Å². The molecule has 14 heavy (non-hydrogen) atoms. The monoisotopic (exact) mass is 214 g/mol. The quantitative estimate of drug-likeness (QED) is 0.795. The number of benzene rings is 1. The van der Waals surface area contributed by atoms with Crippen LogP contribution in [-0.2, 0) is 6.42 Å². The van der Waals surface area contributed by atoms with E-state index in [2.05, 4.69) is 5.73 Å². The highest BCUT2D eigenvalue weighted by Gasteiger charge is 2.16. The van der Waals surface area contributed by atoms with E-state index < -0.39 is 0 Å². The van der Waals surface area contributed by atoms with E-state index in [-0.39, 0.29) is 0 Å². The number of fused-ring (bicyclic) bond motifs is 1. The van der Waals surface area contributed by atoms with Crippen molar-refractivity contribution >= 4 is 11.6 Å². The number of hydrogen-bond acceptors (Lipinski definition) is 2. The first-order chi connectivity index (χ1) is 6.81. The minimum atomic E-state index is 0.571. The molecule has 3 N–H and O–H groups in total. The summed E-state index contributed by atoms with van der Waals surface area (Å²) >= 11 is 6.06. The van der Waals surface area contributed by atoms with Crippen LogP contribution in [0.4, 0.5) is 0 Å². The number of halogens is 1. The van der Waals surface area contributed by atoms with Gasteiger partial charge in [0.05, 0.1) is 11.6 Å². The Labute approximate surface area is 87.8 Å². The third-order valence-corrected chi connectivity index (χ3v) is 2.40. The minimum absolute atomic E-state index is 0.571. The molecule has 0 unspecified atom stereocenters. The normalized spacial score (nSPS) is 14.1. The summed E-state index contributed by atoms with van der Waals surface area (Å²) in [5, 5.41) is 0.630. The van der Waals surface area contributed by atoms with E-state index in [1.165, 1.54) is 0 Å². The lowest BCUT2D eigenvalue weighted by Gasteiger charge is -2.20. The fraction of sp³-hybridized carbons (Fsp3) is 0.400. The van der Waals surface area contributed by atoms with Crippen LogP contribution in [0.2, 0.25) is 5.02 Å². The molecule has 0 fully saturated rings. The molecule has 1 aliphatic heterocycles. The highest BCUT2D eigenvalue weighted by atomic mass is 35.5. The van der Waals surface area contributed by atoms with Crippen LogP contribution < -0.4 is 15.2 Å². The van der Waals surface area contributed by atoms with Crippen molar-refractivity contribution in [2.75, 3.05) is 19.8 Å². The van der Waals surface area contributed by atoms with Crippen LogP contribution in [0.5, 0.6) is 11.5 Å². The minimum Gasteiger partial charge on any atom is -0.486 e. The van der Waals surface area contributed by atoms with E-state index in [0.29, 0.717) is 24.0 Å².